The van der Waals surface area contributed by atoms with Crippen LogP contribution in [0.3, 0.4) is 0 Å². The topological polar surface area (TPSA) is 78.4 Å². The zero-order chi connectivity index (χ0) is 14.6. The number of anilines is 1. The van der Waals surface area contributed by atoms with Crippen molar-refractivity contribution in [3.05, 3.63) is 29.3 Å². The molecule has 2 amide bonds. The number of aromatic carboxylic acids is 1. The number of amides is 2. The predicted octanol–water partition coefficient (Wildman–Crippen LogP) is 2.38. The minimum absolute atomic E-state index is 0.0715. The summed E-state index contributed by atoms with van der Waals surface area (Å²) < 4.78 is 35.6. The second-order valence-electron chi connectivity index (χ2n) is 3.78. The molecule has 0 saturated carbocycles. The summed E-state index contributed by atoms with van der Waals surface area (Å²) in [6.45, 7) is 0.160. The maximum absolute atomic E-state index is 11.9. The number of urea groups is 1. The first-order valence-corrected chi connectivity index (χ1v) is 5.14. The standard InChI is InChI=1S/C11H11F3N2O3/c1-6-2-3-8(7(4-6)9(17)18)16-10(19)15-5-11(12,13)14/h2-4H,5H2,1H3,(H,17,18)(H2,15,16,19). The van der Waals surface area contributed by atoms with E-state index >= 15 is 0 Å². The number of aryl methyl sites for hydroxylation is 1. The van der Waals surface area contributed by atoms with Gasteiger partial charge in [0.1, 0.15) is 6.54 Å². The fourth-order valence-electron chi connectivity index (χ4n) is 1.29. The molecule has 0 aliphatic heterocycles. The highest BCUT2D eigenvalue weighted by Gasteiger charge is 2.27. The molecule has 104 valence electrons. The van der Waals surface area contributed by atoms with Crippen LogP contribution in [0.4, 0.5) is 23.7 Å². The zero-order valence-electron chi connectivity index (χ0n) is 9.84. The molecule has 8 heteroatoms. The van der Waals surface area contributed by atoms with Crippen molar-refractivity contribution in [3.8, 4) is 0 Å². The molecular weight excluding hydrogens is 265 g/mol. The van der Waals surface area contributed by atoms with Crippen molar-refractivity contribution >= 4 is 17.7 Å². The van der Waals surface area contributed by atoms with Gasteiger partial charge in [0.05, 0.1) is 11.3 Å². The van der Waals surface area contributed by atoms with E-state index in [0.29, 0.717) is 5.56 Å². The van der Waals surface area contributed by atoms with Gasteiger partial charge in [0.2, 0.25) is 0 Å². The molecule has 0 aliphatic carbocycles. The molecule has 19 heavy (non-hydrogen) atoms. The van der Waals surface area contributed by atoms with E-state index in [1.165, 1.54) is 18.2 Å². The van der Waals surface area contributed by atoms with E-state index in [2.05, 4.69) is 5.32 Å². The molecule has 0 atom stereocenters. The van der Waals surface area contributed by atoms with Crippen LogP contribution in [0.1, 0.15) is 15.9 Å². The van der Waals surface area contributed by atoms with Gasteiger partial charge in [0.25, 0.3) is 0 Å². The van der Waals surface area contributed by atoms with Crippen LogP contribution in [-0.2, 0) is 0 Å². The number of halogens is 3. The molecule has 1 aromatic rings. The van der Waals surface area contributed by atoms with Gasteiger partial charge in [0.15, 0.2) is 0 Å². The van der Waals surface area contributed by atoms with E-state index in [-0.39, 0.29) is 11.3 Å². The number of carboxylic acids is 1. The third-order valence-electron chi connectivity index (χ3n) is 2.10. The highest BCUT2D eigenvalue weighted by molar-refractivity contribution is 6.00. The molecule has 0 heterocycles. The first-order chi connectivity index (χ1) is 8.69. The number of alkyl halides is 3. The van der Waals surface area contributed by atoms with Gasteiger partial charge in [-0.05, 0) is 19.1 Å². The Bertz CT molecular complexity index is 500. The van der Waals surface area contributed by atoms with Crippen LogP contribution in [0.5, 0.6) is 0 Å². The fraction of sp³-hybridized carbons (Fsp3) is 0.273. The summed E-state index contributed by atoms with van der Waals surface area (Å²) in [7, 11) is 0. The number of nitrogens with one attached hydrogen (secondary N) is 2. The average molecular weight is 276 g/mol. The van der Waals surface area contributed by atoms with Gasteiger partial charge < -0.3 is 15.7 Å². The van der Waals surface area contributed by atoms with Crippen molar-refractivity contribution in [2.45, 2.75) is 13.1 Å². The van der Waals surface area contributed by atoms with Crippen LogP contribution < -0.4 is 10.6 Å². The summed E-state index contributed by atoms with van der Waals surface area (Å²) in [5.74, 6) is -1.28. The van der Waals surface area contributed by atoms with E-state index in [1.807, 2.05) is 0 Å². The summed E-state index contributed by atoms with van der Waals surface area (Å²) in [5.41, 5.74) is 0.388. The first-order valence-electron chi connectivity index (χ1n) is 5.14. The molecule has 1 rings (SSSR count). The Morgan fingerprint density at radius 2 is 1.95 bits per heavy atom. The fourth-order valence-corrected chi connectivity index (χ4v) is 1.29. The van der Waals surface area contributed by atoms with Crippen molar-refractivity contribution in [2.24, 2.45) is 0 Å². The van der Waals surface area contributed by atoms with E-state index in [0.717, 1.165) is 0 Å². The molecule has 1 aromatic carbocycles. The molecule has 0 saturated heterocycles. The smallest absolute Gasteiger partial charge is 0.405 e. The Hall–Kier alpha value is -2.25. The Morgan fingerprint density at radius 1 is 1.32 bits per heavy atom. The largest absolute Gasteiger partial charge is 0.478 e. The maximum atomic E-state index is 11.9. The quantitative estimate of drug-likeness (QED) is 0.793. The Morgan fingerprint density at radius 3 is 2.47 bits per heavy atom. The third kappa shape index (κ3) is 4.86. The van der Waals surface area contributed by atoms with Gasteiger partial charge in [-0.1, -0.05) is 11.6 Å². The van der Waals surface area contributed by atoms with Crippen molar-refractivity contribution in [1.29, 1.82) is 0 Å². The van der Waals surface area contributed by atoms with Gasteiger partial charge in [-0.15, -0.1) is 0 Å². The lowest BCUT2D eigenvalue weighted by Gasteiger charge is -2.11. The Kier molecular flexibility index (Phi) is 4.36. The van der Waals surface area contributed by atoms with Gasteiger partial charge in [0, 0.05) is 0 Å². The second-order valence-corrected chi connectivity index (χ2v) is 3.78. The second kappa shape index (κ2) is 5.59. The van der Waals surface area contributed by atoms with Crippen LogP contribution >= 0.6 is 0 Å². The lowest BCUT2D eigenvalue weighted by atomic mass is 10.1. The zero-order valence-corrected chi connectivity index (χ0v) is 9.84. The summed E-state index contributed by atoms with van der Waals surface area (Å²) in [6.07, 6.45) is -4.53. The number of hydrogen-bond donors (Lipinski definition) is 3. The minimum Gasteiger partial charge on any atom is -0.478 e. The van der Waals surface area contributed by atoms with Gasteiger partial charge in [-0.2, -0.15) is 13.2 Å². The van der Waals surface area contributed by atoms with Crippen molar-refractivity contribution in [3.63, 3.8) is 0 Å². The Balaban J connectivity index is 2.77. The van der Waals surface area contributed by atoms with Crippen LogP contribution in [0, 0.1) is 6.92 Å². The van der Waals surface area contributed by atoms with E-state index in [1.54, 1.807) is 12.2 Å². The SMILES string of the molecule is Cc1ccc(NC(=O)NCC(F)(F)F)c(C(=O)O)c1. The average Bonchev–Trinajstić information content (AvgIpc) is 2.28. The van der Waals surface area contributed by atoms with Gasteiger partial charge in [-0.3, -0.25) is 0 Å². The van der Waals surface area contributed by atoms with Gasteiger partial charge >= 0.3 is 18.2 Å². The molecule has 0 aliphatic rings. The molecule has 0 aromatic heterocycles. The van der Waals surface area contributed by atoms with Crippen LogP contribution in [0.25, 0.3) is 0 Å². The number of carboxylic acid groups (broad SMARTS) is 1. The number of rotatable bonds is 3. The molecule has 3 N–H and O–H groups in total. The summed E-state index contributed by atoms with van der Waals surface area (Å²) in [4.78, 5) is 22.1. The maximum Gasteiger partial charge on any atom is 0.405 e. The third-order valence-corrected chi connectivity index (χ3v) is 2.10. The minimum atomic E-state index is -4.53. The summed E-state index contributed by atoms with van der Waals surface area (Å²) in [5, 5.41) is 12.6. The number of carbonyl (C=O) groups excluding carboxylic acids is 1. The van der Waals surface area contributed by atoms with Crippen LogP contribution in [0.15, 0.2) is 18.2 Å². The molecule has 0 radical (unpaired) electrons. The van der Waals surface area contributed by atoms with Crippen molar-refractivity contribution in [1.82, 2.24) is 5.32 Å². The molecule has 0 bridgehead atoms. The van der Waals surface area contributed by atoms with Crippen molar-refractivity contribution in [2.75, 3.05) is 11.9 Å². The first kappa shape index (κ1) is 14.8. The highest BCUT2D eigenvalue weighted by Crippen LogP contribution is 2.17. The molecule has 0 spiro atoms. The normalized spacial score (nSPS) is 10.9. The summed E-state index contributed by atoms with van der Waals surface area (Å²) >= 11 is 0. The lowest BCUT2D eigenvalue weighted by molar-refractivity contribution is -0.122. The molecule has 0 fully saturated rings. The van der Waals surface area contributed by atoms with E-state index in [4.69, 9.17) is 5.11 Å². The molecular formula is C11H11F3N2O3. The predicted molar refractivity (Wildman–Crippen MR) is 61.2 cm³/mol. The molecule has 0 unspecified atom stereocenters. The lowest BCUT2D eigenvalue weighted by Crippen LogP contribution is -2.36. The van der Waals surface area contributed by atoms with Gasteiger partial charge in [-0.25, -0.2) is 9.59 Å². The van der Waals surface area contributed by atoms with Crippen LogP contribution in [0.2, 0.25) is 0 Å². The summed E-state index contributed by atoms with van der Waals surface area (Å²) in [6, 6.07) is 3.03. The van der Waals surface area contributed by atoms with Crippen LogP contribution in [-0.4, -0.2) is 29.8 Å². The molecule has 5 nitrogen and oxygen atoms in total. The highest BCUT2D eigenvalue weighted by atomic mass is 19.4. The number of benzene rings is 1. The van der Waals surface area contributed by atoms with Crippen molar-refractivity contribution < 1.29 is 27.9 Å². The van der Waals surface area contributed by atoms with E-state index < -0.39 is 24.7 Å². The number of hydrogen-bond acceptors (Lipinski definition) is 2. The van der Waals surface area contributed by atoms with E-state index in [9.17, 15) is 22.8 Å². The Labute approximate surface area is 106 Å². The number of carbonyl (C=O) groups is 2. The monoisotopic (exact) mass is 276 g/mol.